The molecule has 0 radical (unpaired) electrons. The molecule has 3 aromatic carbocycles. The molecule has 4 aromatic rings. The van der Waals surface area contributed by atoms with E-state index >= 15 is 0 Å². The Morgan fingerprint density at radius 3 is 2.70 bits per heavy atom. The molecule has 0 atom stereocenters. The van der Waals surface area contributed by atoms with Crippen molar-refractivity contribution in [3.05, 3.63) is 59.2 Å². The van der Waals surface area contributed by atoms with Gasteiger partial charge in [0, 0.05) is 17.6 Å². The van der Waals surface area contributed by atoms with Crippen LogP contribution >= 0.6 is 11.6 Å². The number of methoxy groups -OCH3 is 1. The number of phenols is 1. The maximum atomic E-state index is 12.4. The minimum atomic E-state index is -0.956. The molecule has 6 nitrogen and oxygen atoms in total. The number of ether oxygens (including phenoxy) is 2. The number of rotatable bonds is 5. The second-order valence-corrected chi connectivity index (χ2v) is 6.83. The first-order valence-electron chi connectivity index (χ1n) is 8.83. The average Bonchev–Trinajstić information content (AvgIpc) is 2.74. The van der Waals surface area contributed by atoms with Gasteiger partial charge in [-0.1, -0.05) is 11.6 Å². The molecule has 30 heavy (non-hydrogen) atoms. The van der Waals surface area contributed by atoms with Crippen LogP contribution in [0.2, 0.25) is 5.02 Å². The van der Waals surface area contributed by atoms with Crippen LogP contribution in [0.3, 0.4) is 0 Å². The lowest BCUT2D eigenvalue weighted by Crippen LogP contribution is -1.98. The fourth-order valence-electron chi connectivity index (χ4n) is 3.22. The van der Waals surface area contributed by atoms with Crippen molar-refractivity contribution in [2.24, 2.45) is 0 Å². The van der Waals surface area contributed by atoms with Gasteiger partial charge >= 0.3 is 0 Å². The third kappa shape index (κ3) is 3.49. The number of halogens is 2. The van der Waals surface area contributed by atoms with Gasteiger partial charge < -0.3 is 19.9 Å². The standard InChI is InChI=1S/C22H15ClFN3O3/c1-29-21-7-12-4-16-19(5-13(12)6-20(21)28)26-10-14(9-25)22(16)27-18-3-2-15(30-11-24)8-17(18)23/h2-8,10,28H,11H2,1H3,(H,26,27). The smallest absolute Gasteiger partial charge is 0.228 e. The van der Waals surface area contributed by atoms with Gasteiger partial charge in [-0.3, -0.25) is 4.98 Å². The van der Waals surface area contributed by atoms with Crippen molar-refractivity contribution in [2.45, 2.75) is 0 Å². The number of nitrogens with zero attached hydrogens (tertiary/aromatic N) is 2. The summed E-state index contributed by atoms with van der Waals surface area (Å²) >= 11 is 6.31. The summed E-state index contributed by atoms with van der Waals surface area (Å²) in [6.45, 7) is -0.956. The monoisotopic (exact) mass is 423 g/mol. The van der Waals surface area contributed by atoms with Gasteiger partial charge in [-0.15, -0.1) is 0 Å². The summed E-state index contributed by atoms with van der Waals surface area (Å²) in [6.07, 6.45) is 1.47. The third-order valence-corrected chi connectivity index (χ3v) is 4.98. The highest BCUT2D eigenvalue weighted by atomic mass is 35.5. The fourth-order valence-corrected chi connectivity index (χ4v) is 3.44. The number of pyridine rings is 1. The first-order chi connectivity index (χ1) is 14.5. The van der Waals surface area contributed by atoms with Gasteiger partial charge in [0.15, 0.2) is 11.5 Å². The molecule has 0 saturated heterocycles. The van der Waals surface area contributed by atoms with Gasteiger partial charge in [0.1, 0.15) is 11.8 Å². The van der Waals surface area contributed by atoms with E-state index in [1.165, 1.54) is 19.4 Å². The number of aromatic hydroxyl groups is 1. The van der Waals surface area contributed by atoms with E-state index in [2.05, 4.69) is 16.4 Å². The van der Waals surface area contributed by atoms with Crippen LogP contribution in [0.5, 0.6) is 17.2 Å². The zero-order chi connectivity index (χ0) is 21.3. The summed E-state index contributed by atoms with van der Waals surface area (Å²) in [4.78, 5) is 4.37. The number of aromatic nitrogens is 1. The van der Waals surface area contributed by atoms with Crippen molar-refractivity contribution in [1.29, 1.82) is 5.26 Å². The first-order valence-corrected chi connectivity index (χ1v) is 9.20. The van der Waals surface area contributed by atoms with Crippen molar-refractivity contribution in [3.63, 3.8) is 0 Å². The number of anilines is 2. The zero-order valence-electron chi connectivity index (χ0n) is 15.7. The van der Waals surface area contributed by atoms with E-state index in [1.807, 2.05) is 12.1 Å². The molecule has 0 aliphatic carbocycles. The lowest BCUT2D eigenvalue weighted by atomic mass is 10.0. The Morgan fingerprint density at radius 1 is 1.20 bits per heavy atom. The van der Waals surface area contributed by atoms with E-state index in [4.69, 9.17) is 21.1 Å². The van der Waals surface area contributed by atoms with Crippen LogP contribution in [-0.4, -0.2) is 24.1 Å². The van der Waals surface area contributed by atoms with Crippen molar-refractivity contribution in [3.8, 4) is 23.3 Å². The van der Waals surface area contributed by atoms with Crippen LogP contribution in [0.25, 0.3) is 21.7 Å². The molecular weight excluding hydrogens is 409 g/mol. The molecule has 2 N–H and O–H groups in total. The number of benzene rings is 3. The summed E-state index contributed by atoms with van der Waals surface area (Å²) < 4.78 is 22.4. The van der Waals surface area contributed by atoms with E-state index < -0.39 is 6.86 Å². The number of phenolic OH excluding ortho intramolecular Hbond substituents is 1. The molecule has 4 rings (SSSR count). The molecule has 0 spiro atoms. The molecule has 0 aliphatic heterocycles. The largest absolute Gasteiger partial charge is 0.504 e. The Balaban J connectivity index is 1.89. The molecule has 0 aliphatic rings. The molecule has 0 bridgehead atoms. The van der Waals surface area contributed by atoms with E-state index in [9.17, 15) is 14.8 Å². The Bertz CT molecular complexity index is 1320. The molecule has 1 aromatic heterocycles. The molecule has 0 saturated carbocycles. The van der Waals surface area contributed by atoms with Gasteiger partial charge in [0.25, 0.3) is 0 Å². The highest BCUT2D eigenvalue weighted by molar-refractivity contribution is 6.33. The van der Waals surface area contributed by atoms with Crippen LogP contribution in [-0.2, 0) is 0 Å². The highest BCUT2D eigenvalue weighted by Crippen LogP contribution is 2.37. The average molecular weight is 424 g/mol. The Morgan fingerprint density at radius 2 is 2.00 bits per heavy atom. The van der Waals surface area contributed by atoms with Crippen molar-refractivity contribution >= 4 is 44.7 Å². The quantitative estimate of drug-likeness (QED) is 0.402. The fraction of sp³-hybridized carbons (Fsp3) is 0.0909. The van der Waals surface area contributed by atoms with E-state index in [0.717, 1.165) is 10.8 Å². The molecule has 0 amide bonds. The second kappa shape index (κ2) is 7.93. The number of nitrogens with one attached hydrogen (secondary N) is 1. The van der Waals surface area contributed by atoms with Crippen LogP contribution < -0.4 is 14.8 Å². The number of alkyl halides is 1. The number of nitriles is 1. The van der Waals surface area contributed by atoms with Gasteiger partial charge in [-0.25, -0.2) is 4.39 Å². The lowest BCUT2D eigenvalue weighted by molar-refractivity contribution is 0.192. The van der Waals surface area contributed by atoms with Gasteiger partial charge in [0.05, 0.1) is 34.6 Å². The second-order valence-electron chi connectivity index (χ2n) is 6.42. The van der Waals surface area contributed by atoms with Gasteiger partial charge in [0.2, 0.25) is 6.86 Å². The molecule has 0 fully saturated rings. The molecule has 1 heterocycles. The maximum Gasteiger partial charge on any atom is 0.228 e. The van der Waals surface area contributed by atoms with Gasteiger partial charge in [-0.2, -0.15) is 5.26 Å². The van der Waals surface area contributed by atoms with Crippen molar-refractivity contribution in [2.75, 3.05) is 19.3 Å². The number of hydrogen-bond acceptors (Lipinski definition) is 6. The van der Waals surface area contributed by atoms with Crippen LogP contribution in [0.4, 0.5) is 15.8 Å². The first kappa shape index (κ1) is 19.6. The SMILES string of the molecule is COc1cc2cc3c(Nc4ccc(OCF)cc4Cl)c(C#N)cnc3cc2cc1O. The molecular formula is C22H15ClFN3O3. The van der Waals surface area contributed by atoms with E-state index in [0.29, 0.717) is 44.4 Å². The minimum absolute atomic E-state index is 0.0266. The topological polar surface area (TPSA) is 87.4 Å². The van der Waals surface area contributed by atoms with Crippen LogP contribution in [0.15, 0.2) is 48.7 Å². The van der Waals surface area contributed by atoms with E-state index in [-0.39, 0.29) is 5.75 Å². The minimum Gasteiger partial charge on any atom is -0.504 e. The summed E-state index contributed by atoms with van der Waals surface area (Å²) in [5.41, 5.74) is 2.00. The number of fused-ring (bicyclic) bond motifs is 2. The molecule has 8 heteroatoms. The van der Waals surface area contributed by atoms with Gasteiger partial charge in [-0.05, 0) is 47.2 Å². The normalized spacial score (nSPS) is 10.7. The van der Waals surface area contributed by atoms with Crippen molar-refractivity contribution in [1.82, 2.24) is 4.98 Å². The van der Waals surface area contributed by atoms with Crippen molar-refractivity contribution < 1.29 is 19.0 Å². The summed E-state index contributed by atoms with van der Waals surface area (Å²) in [5, 5.41) is 25.4. The predicted molar refractivity (Wildman–Crippen MR) is 114 cm³/mol. The predicted octanol–water partition coefficient (Wildman–Crippen LogP) is 5.68. The number of hydrogen-bond donors (Lipinski definition) is 2. The van der Waals surface area contributed by atoms with Crippen LogP contribution in [0, 0.1) is 11.3 Å². The van der Waals surface area contributed by atoms with E-state index in [1.54, 1.807) is 24.3 Å². The lowest BCUT2D eigenvalue weighted by Gasteiger charge is -2.14. The Kier molecular flexibility index (Phi) is 5.17. The molecule has 0 unspecified atom stereocenters. The maximum absolute atomic E-state index is 12.4. The van der Waals surface area contributed by atoms with Crippen LogP contribution in [0.1, 0.15) is 5.56 Å². The third-order valence-electron chi connectivity index (χ3n) is 4.67. The Hall–Kier alpha value is -3.76. The highest BCUT2D eigenvalue weighted by Gasteiger charge is 2.14. The summed E-state index contributed by atoms with van der Waals surface area (Å²) in [5.74, 6) is 0.664. The summed E-state index contributed by atoms with van der Waals surface area (Å²) in [7, 11) is 1.47. The molecule has 150 valence electrons. The zero-order valence-corrected chi connectivity index (χ0v) is 16.5. The Labute approximate surface area is 176 Å². The summed E-state index contributed by atoms with van der Waals surface area (Å²) in [6, 6.07) is 13.8.